The lowest BCUT2D eigenvalue weighted by Crippen LogP contribution is -2.48. The van der Waals surface area contributed by atoms with E-state index in [-0.39, 0.29) is 43.5 Å². The number of esters is 2. The number of Topliss-reactive ketones (excluding diaryl/α,β-unsaturated/α-hetero) is 1. The van der Waals surface area contributed by atoms with Crippen LogP contribution >= 0.6 is 18.7 Å². The lowest BCUT2D eigenvalue weighted by atomic mass is 9.77. The number of carbonyl (C=O) groups excluding carboxylic acids is 4. The van der Waals surface area contributed by atoms with Gasteiger partial charge < -0.3 is 24.4 Å². The van der Waals surface area contributed by atoms with Crippen molar-refractivity contribution in [2.45, 2.75) is 129 Å². The van der Waals surface area contributed by atoms with Gasteiger partial charge in [0.05, 0.1) is 53.0 Å². The molecule has 6 atom stereocenters. The summed E-state index contributed by atoms with van der Waals surface area (Å²) in [6.45, 7) is 14.7. The molecular weight excluding hydrogens is 962 g/mol. The molecule has 0 spiro atoms. The summed E-state index contributed by atoms with van der Waals surface area (Å²) in [7, 11) is -4.43. The van der Waals surface area contributed by atoms with E-state index in [4.69, 9.17) is 28.7 Å². The van der Waals surface area contributed by atoms with Crippen molar-refractivity contribution in [1.82, 2.24) is 14.9 Å². The Labute approximate surface area is 423 Å². The van der Waals surface area contributed by atoms with Gasteiger partial charge in [0.15, 0.2) is 17.7 Å². The third-order valence-electron chi connectivity index (χ3n) is 14.1. The van der Waals surface area contributed by atoms with Gasteiger partial charge in [0.25, 0.3) is 0 Å². The predicted molar refractivity (Wildman–Crippen MR) is 273 cm³/mol. The van der Waals surface area contributed by atoms with Crippen molar-refractivity contribution in [1.29, 1.82) is 0 Å². The number of carbonyl (C=O) groups is 4. The number of fused-ring (bicyclic) bond motifs is 1. The lowest BCUT2D eigenvalue weighted by molar-refractivity contribution is -0.156. The van der Waals surface area contributed by atoms with E-state index in [9.17, 15) is 9.59 Å². The highest BCUT2D eigenvalue weighted by Crippen LogP contribution is 2.77. The molecule has 5 aromatic rings. The van der Waals surface area contributed by atoms with Crippen LogP contribution in [-0.4, -0.2) is 81.3 Å². The number of aryl methyl sites for hydroxylation is 1. The number of ether oxygens (including phenoxy) is 3. The molecule has 3 heterocycles. The van der Waals surface area contributed by atoms with Crippen molar-refractivity contribution >= 4 is 58.4 Å². The second kappa shape index (κ2) is 21.7. The lowest BCUT2D eigenvalue weighted by Gasteiger charge is -2.35. The quantitative estimate of drug-likeness (QED) is 0.0340. The van der Waals surface area contributed by atoms with Crippen molar-refractivity contribution in [3.05, 3.63) is 119 Å². The SMILES string of the molecule is C=C[C@@H]1C[C@]1(CC(=O)[C@@H]1C[C@@H](Oc2cc(-c3csc(NC(C)C)n3)nc3cc(C)ccc23)CN1C(=O)[C@@H](CC(=O)OC1CCCC1)C(C)(C)C)P(=O)(Cc1c(F)cccc1F)OCOC(=O)c1ccccc1. The van der Waals surface area contributed by atoms with Crippen molar-refractivity contribution in [2.75, 3.05) is 18.7 Å². The molecule has 1 N–H and O–H groups in total. The maximum Gasteiger partial charge on any atom is 0.340 e. The van der Waals surface area contributed by atoms with Gasteiger partial charge in [0.2, 0.25) is 13.3 Å². The number of nitrogens with zero attached hydrogens (tertiary/aromatic N) is 3. The fourth-order valence-electron chi connectivity index (χ4n) is 10.0. The molecule has 3 fully saturated rings. The number of allylic oxidation sites excluding steroid dienone is 1. The Morgan fingerprint density at radius 1 is 0.972 bits per heavy atom. The van der Waals surface area contributed by atoms with E-state index in [0.717, 1.165) is 48.5 Å². The predicted octanol–water partition coefficient (Wildman–Crippen LogP) is 11.9. The van der Waals surface area contributed by atoms with Gasteiger partial charge >= 0.3 is 11.9 Å². The first-order valence-electron chi connectivity index (χ1n) is 24.6. The van der Waals surface area contributed by atoms with E-state index in [2.05, 4.69) is 11.9 Å². The average Bonchev–Trinajstić information content (AvgIpc) is 3.73. The Kier molecular flexibility index (Phi) is 15.8. The number of hydrogen-bond donors (Lipinski definition) is 1. The summed E-state index contributed by atoms with van der Waals surface area (Å²) < 4.78 is 70.8. The normalized spacial score (nSPS) is 21.3. The summed E-state index contributed by atoms with van der Waals surface area (Å²) in [6, 6.07) is 17.9. The topological polar surface area (TPSA) is 163 Å². The van der Waals surface area contributed by atoms with Crippen LogP contribution in [0.1, 0.15) is 107 Å². The Hall–Kier alpha value is -5.83. The van der Waals surface area contributed by atoms with Crippen molar-refractivity contribution in [2.24, 2.45) is 17.3 Å². The van der Waals surface area contributed by atoms with Gasteiger partial charge in [0.1, 0.15) is 35.3 Å². The summed E-state index contributed by atoms with van der Waals surface area (Å²) in [5.74, 6) is -5.24. The minimum Gasteiger partial charge on any atom is -0.488 e. The zero-order valence-electron chi connectivity index (χ0n) is 41.7. The highest BCUT2D eigenvalue weighted by Gasteiger charge is 2.67. The fourth-order valence-corrected chi connectivity index (χ4v) is 14.0. The van der Waals surface area contributed by atoms with Gasteiger partial charge in [-0.15, -0.1) is 17.9 Å². The molecule has 2 aromatic heterocycles. The molecule has 3 aliphatic rings. The van der Waals surface area contributed by atoms with Crippen LogP contribution in [0.5, 0.6) is 5.75 Å². The summed E-state index contributed by atoms with van der Waals surface area (Å²) in [5.41, 5.74) is 1.75. The van der Waals surface area contributed by atoms with Gasteiger partial charge in [-0.3, -0.25) is 23.5 Å². The van der Waals surface area contributed by atoms with E-state index in [0.29, 0.717) is 28.0 Å². The van der Waals surface area contributed by atoms with Crippen LogP contribution in [0, 0.1) is 35.8 Å². The zero-order valence-corrected chi connectivity index (χ0v) is 43.4. The standard InChI is InChI=1S/C55H63F2N4O9PS/c1-8-36-27-55(36,71(66,30-40-42(56)19-14-20-43(40)57)68-32-67-52(65)35-15-10-9-11-16-35)28-48(62)47-24-38(29-61(47)51(64)41(54(5,6)7)25-50(63)70-37-17-12-13-18-37)69-49-26-45(46-31-72-53(60-46)58-33(2)3)59-44-23-34(4)21-22-39(44)49/h8-11,14-16,19-23,26,31,33,36-38,41,47H,1,12-13,17-18,24-25,27-30,32H2,2-7H3,(H,58,60)/t36-,38-,41-,47+,55-,71?/m1/s1. The number of rotatable bonds is 20. The van der Waals surface area contributed by atoms with Gasteiger partial charge in [-0.25, -0.2) is 23.5 Å². The molecule has 8 rings (SSSR count). The van der Waals surface area contributed by atoms with Crippen LogP contribution in [0.4, 0.5) is 13.9 Å². The van der Waals surface area contributed by atoms with E-state index in [1.165, 1.54) is 40.5 Å². The molecule has 0 bridgehead atoms. The molecule has 1 saturated heterocycles. The third kappa shape index (κ3) is 11.7. The first-order chi connectivity index (χ1) is 34.3. The molecule has 3 aromatic carbocycles. The number of benzene rings is 3. The third-order valence-corrected chi connectivity index (χ3v) is 18.1. The van der Waals surface area contributed by atoms with Crippen LogP contribution in [0.2, 0.25) is 0 Å². The highest BCUT2D eigenvalue weighted by atomic mass is 32.1. The van der Waals surface area contributed by atoms with Gasteiger partial charge in [-0.2, -0.15) is 0 Å². The van der Waals surface area contributed by atoms with Gasteiger partial charge in [-0.1, -0.05) is 57.2 Å². The number of halogens is 2. The molecular formula is C55H63F2N4O9PS. The van der Waals surface area contributed by atoms with Crippen LogP contribution < -0.4 is 10.1 Å². The number of anilines is 1. The number of hydrogen-bond acceptors (Lipinski definition) is 13. The Balaban J connectivity index is 1.14. The monoisotopic (exact) mass is 1020 g/mol. The molecule has 13 nitrogen and oxygen atoms in total. The van der Waals surface area contributed by atoms with Crippen LogP contribution in [0.25, 0.3) is 22.3 Å². The molecule has 1 unspecified atom stereocenters. The molecule has 72 heavy (non-hydrogen) atoms. The number of ketones is 1. The molecule has 2 aliphatic carbocycles. The molecule has 382 valence electrons. The summed E-state index contributed by atoms with van der Waals surface area (Å²) in [5, 5.41) is 5.13. The number of amides is 1. The fraction of sp³-hybridized carbons (Fsp3) is 0.455. The first-order valence-corrected chi connectivity index (χ1v) is 27.3. The largest absolute Gasteiger partial charge is 0.488 e. The number of aromatic nitrogens is 2. The minimum absolute atomic E-state index is 0.00868. The van der Waals surface area contributed by atoms with Gasteiger partial charge in [-0.05, 0) is 106 Å². The number of thiazole rings is 1. The summed E-state index contributed by atoms with van der Waals surface area (Å²) in [6.07, 6.45) is 2.63. The second-order valence-electron chi connectivity index (χ2n) is 20.7. The zero-order chi connectivity index (χ0) is 51.5. The average molecular weight is 1030 g/mol. The molecule has 1 amide bonds. The maximum atomic E-state index is 15.7. The van der Waals surface area contributed by atoms with E-state index in [1.54, 1.807) is 24.3 Å². The summed E-state index contributed by atoms with van der Waals surface area (Å²) in [4.78, 5) is 68.4. The Bertz CT molecular complexity index is 2860. The van der Waals surface area contributed by atoms with Crippen LogP contribution in [-0.2, 0) is 39.1 Å². The van der Waals surface area contributed by atoms with Crippen molar-refractivity contribution in [3.63, 3.8) is 0 Å². The molecule has 1 aliphatic heterocycles. The number of likely N-dealkylation sites (tertiary alicyclic amines) is 1. The minimum atomic E-state index is -4.43. The second-order valence-corrected chi connectivity index (χ2v) is 24.4. The first kappa shape index (κ1) is 52.5. The van der Waals surface area contributed by atoms with Gasteiger partial charge in [0, 0.05) is 41.3 Å². The van der Waals surface area contributed by atoms with Crippen LogP contribution in [0.15, 0.2) is 90.8 Å². The molecule has 2 saturated carbocycles. The van der Waals surface area contributed by atoms with E-state index >= 15 is 22.9 Å². The Morgan fingerprint density at radius 3 is 2.36 bits per heavy atom. The van der Waals surface area contributed by atoms with Crippen molar-refractivity contribution < 1.29 is 51.3 Å². The smallest absolute Gasteiger partial charge is 0.340 e. The van der Waals surface area contributed by atoms with Crippen LogP contribution in [0.3, 0.4) is 0 Å². The summed E-state index contributed by atoms with van der Waals surface area (Å²) >= 11 is 1.45. The number of pyridine rings is 1. The Morgan fingerprint density at radius 2 is 1.69 bits per heavy atom. The molecule has 0 radical (unpaired) electrons. The van der Waals surface area contributed by atoms with E-state index in [1.807, 2.05) is 65.1 Å². The molecule has 17 heteroatoms. The highest BCUT2D eigenvalue weighted by molar-refractivity contribution is 7.60. The number of nitrogens with one attached hydrogen (secondary N) is 1. The van der Waals surface area contributed by atoms with Crippen molar-refractivity contribution in [3.8, 4) is 17.1 Å². The van der Waals surface area contributed by atoms with E-state index < -0.39 is 102 Å². The maximum absolute atomic E-state index is 15.7.